The first-order valence-electron chi connectivity index (χ1n) is 9.68. The third-order valence-electron chi connectivity index (χ3n) is 4.66. The van der Waals surface area contributed by atoms with Crippen molar-refractivity contribution in [1.82, 2.24) is 14.9 Å². The zero-order valence-electron chi connectivity index (χ0n) is 17.2. The molecule has 1 amide bonds. The Balaban J connectivity index is 2.52. The first kappa shape index (κ1) is 20.9. The van der Waals surface area contributed by atoms with Crippen LogP contribution in [0, 0.1) is 11.8 Å². The van der Waals surface area contributed by atoms with Crippen LogP contribution in [-0.4, -0.2) is 34.9 Å². The largest absolute Gasteiger partial charge is 0.497 e. The second-order valence-corrected chi connectivity index (χ2v) is 7.58. The monoisotopic (exact) mass is 373 g/mol. The average molecular weight is 373 g/mol. The van der Waals surface area contributed by atoms with E-state index >= 15 is 0 Å². The predicted octanol–water partition coefficient (Wildman–Crippen LogP) is 4.00. The number of ketones is 1. The van der Waals surface area contributed by atoms with Crippen LogP contribution in [0.15, 0.2) is 18.2 Å². The van der Waals surface area contributed by atoms with Crippen LogP contribution in [0.5, 0.6) is 5.75 Å². The van der Waals surface area contributed by atoms with Gasteiger partial charge in [-0.2, -0.15) is 0 Å². The normalized spacial score (nSPS) is 12.6. The van der Waals surface area contributed by atoms with Crippen molar-refractivity contribution in [3.05, 3.63) is 24.0 Å². The number of carbonyl (C=O) groups excluding carboxylic acids is 2. The number of carbonyl (C=O) groups is 2. The fourth-order valence-corrected chi connectivity index (χ4v) is 3.03. The summed E-state index contributed by atoms with van der Waals surface area (Å²) in [5.74, 6) is 1.16. The fraction of sp³-hybridized carbons (Fsp3) is 0.571. The number of Topliss-reactive ketones (excluding diaryl/α,β-unsaturated/α-hetero) is 1. The molecule has 0 spiro atoms. The third kappa shape index (κ3) is 4.67. The lowest BCUT2D eigenvalue weighted by Crippen LogP contribution is -2.35. The van der Waals surface area contributed by atoms with Crippen LogP contribution in [0.2, 0.25) is 0 Å². The molecule has 0 bridgehead atoms. The Morgan fingerprint density at radius 3 is 2.48 bits per heavy atom. The number of amides is 1. The van der Waals surface area contributed by atoms with Crippen LogP contribution < -0.4 is 10.1 Å². The van der Waals surface area contributed by atoms with Crippen molar-refractivity contribution in [3.8, 4) is 5.75 Å². The lowest BCUT2D eigenvalue weighted by atomic mass is 10.1. The highest BCUT2D eigenvalue weighted by molar-refractivity contribution is 5.99. The molecule has 0 aliphatic heterocycles. The molecular weight excluding hydrogens is 342 g/mol. The van der Waals surface area contributed by atoms with Crippen molar-refractivity contribution in [3.63, 3.8) is 0 Å². The van der Waals surface area contributed by atoms with Gasteiger partial charge in [0.2, 0.25) is 11.7 Å². The minimum Gasteiger partial charge on any atom is -0.497 e. The van der Waals surface area contributed by atoms with Gasteiger partial charge < -0.3 is 14.6 Å². The molecule has 0 fully saturated rings. The summed E-state index contributed by atoms with van der Waals surface area (Å²) < 4.78 is 7.12. The number of rotatable bonds is 9. The second kappa shape index (κ2) is 9.02. The number of benzene rings is 1. The summed E-state index contributed by atoms with van der Waals surface area (Å²) in [5.41, 5.74) is 1.43. The quantitative estimate of drug-likeness (QED) is 0.674. The number of ether oxygens (including phenoxy) is 1. The zero-order valence-corrected chi connectivity index (χ0v) is 17.2. The minimum absolute atomic E-state index is 0.0707. The van der Waals surface area contributed by atoms with Gasteiger partial charge in [-0.05, 0) is 30.9 Å². The fourth-order valence-electron chi connectivity index (χ4n) is 3.03. The number of nitrogens with zero attached hydrogens (tertiary/aromatic N) is 2. The summed E-state index contributed by atoms with van der Waals surface area (Å²) in [4.78, 5) is 30.2. The molecule has 148 valence electrons. The first-order chi connectivity index (χ1) is 12.8. The van der Waals surface area contributed by atoms with Crippen LogP contribution in [0.3, 0.4) is 0 Å². The van der Waals surface area contributed by atoms with Crippen LogP contribution in [0.1, 0.15) is 64.1 Å². The molecule has 1 aromatic carbocycles. The number of imidazole rings is 1. The molecule has 6 nitrogen and oxygen atoms in total. The van der Waals surface area contributed by atoms with E-state index in [9.17, 15) is 9.59 Å². The molecule has 6 heteroatoms. The van der Waals surface area contributed by atoms with Crippen molar-refractivity contribution in [1.29, 1.82) is 0 Å². The van der Waals surface area contributed by atoms with E-state index in [0.29, 0.717) is 36.0 Å². The maximum Gasteiger partial charge on any atom is 0.243 e. The smallest absolute Gasteiger partial charge is 0.243 e. The van der Waals surface area contributed by atoms with Crippen molar-refractivity contribution in [2.24, 2.45) is 11.8 Å². The van der Waals surface area contributed by atoms with Gasteiger partial charge in [-0.15, -0.1) is 0 Å². The highest BCUT2D eigenvalue weighted by atomic mass is 16.5. The number of nitrogens with one attached hydrogen (secondary N) is 1. The van der Waals surface area contributed by atoms with E-state index in [2.05, 4.69) is 24.1 Å². The molecule has 1 atom stereocenters. The maximum absolute atomic E-state index is 12.9. The first-order valence-corrected chi connectivity index (χ1v) is 9.68. The van der Waals surface area contributed by atoms with Gasteiger partial charge in [-0.1, -0.05) is 34.6 Å². The molecule has 0 aliphatic rings. The van der Waals surface area contributed by atoms with Crippen molar-refractivity contribution in [2.75, 3.05) is 13.7 Å². The summed E-state index contributed by atoms with van der Waals surface area (Å²) in [6.07, 6.45) is 1.48. The van der Waals surface area contributed by atoms with Crippen LogP contribution in [-0.2, 0) is 4.79 Å². The Hall–Kier alpha value is -2.37. The van der Waals surface area contributed by atoms with Gasteiger partial charge in [0.05, 0.1) is 18.1 Å². The Labute approximate surface area is 161 Å². The number of fused-ring (bicyclic) bond motifs is 1. The lowest BCUT2D eigenvalue weighted by molar-refractivity contribution is -0.124. The third-order valence-corrected chi connectivity index (χ3v) is 4.66. The molecular formula is C21H31N3O3. The summed E-state index contributed by atoms with van der Waals surface area (Å²) in [6.45, 7) is 10.5. The zero-order chi connectivity index (χ0) is 20.1. The average Bonchev–Trinajstić information content (AvgIpc) is 2.99. The molecule has 0 radical (unpaired) electrons. The van der Waals surface area contributed by atoms with E-state index in [-0.39, 0.29) is 17.6 Å². The van der Waals surface area contributed by atoms with E-state index in [1.807, 2.05) is 39.0 Å². The van der Waals surface area contributed by atoms with Crippen LogP contribution in [0.25, 0.3) is 11.0 Å². The molecule has 1 heterocycles. The van der Waals surface area contributed by atoms with Crippen LogP contribution in [0.4, 0.5) is 0 Å². The highest BCUT2D eigenvalue weighted by Gasteiger charge is 2.28. The molecule has 27 heavy (non-hydrogen) atoms. The number of aromatic nitrogens is 2. The molecule has 0 saturated carbocycles. The Bertz CT molecular complexity index is 808. The maximum atomic E-state index is 12.9. The van der Waals surface area contributed by atoms with Gasteiger partial charge in [0.25, 0.3) is 0 Å². The molecule has 2 aromatic rings. The van der Waals surface area contributed by atoms with Gasteiger partial charge in [0.1, 0.15) is 11.8 Å². The van der Waals surface area contributed by atoms with Gasteiger partial charge in [-0.25, -0.2) is 4.98 Å². The minimum atomic E-state index is -0.494. The number of hydrogen-bond donors (Lipinski definition) is 1. The second-order valence-electron chi connectivity index (χ2n) is 7.58. The van der Waals surface area contributed by atoms with Gasteiger partial charge in [-0.3, -0.25) is 9.59 Å². The molecule has 0 saturated heterocycles. The summed E-state index contributed by atoms with van der Waals surface area (Å²) in [7, 11) is 1.60. The Morgan fingerprint density at radius 1 is 1.22 bits per heavy atom. The van der Waals surface area contributed by atoms with Crippen LogP contribution >= 0.6 is 0 Å². The van der Waals surface area contributed by atoms with Gasteiger partial charge in [0.15, 0.2) is 5.82 Å². The summed E-state index contributed by atoms with van der Waals surface area (Å²) in [5, 5.41) is 3.01. The van der Waals surface area contributed by atoms with Crippen molar-refractivity contribution in [2.45, 2.75) is 53.5 Å². The van der Waals surface area contributed by atoms with E-state index in [0.717, 1.165) is 11.9 Å². The highest BCUT2D eigenvalue weighted by Crippen LogP contribution is 2.28. The Morgan fingerprint density at radius 2 is 1.93 bits per heavy atom. The molecule has 1 unspecified atom stereocenters. The molecule has 0 aliphatic carbocycles. The van der Waals surface area contributed by atoms with Gasteiger partial charge in [0, 0.05) is 18.5 Å². The molecule has 1 N–H and O–H groups in total. The lowest BCUT2D eigenvalue weighted by Gasteiger charge is -2.20. The molecule has 2 rings (SSSR count). The van der Waals surface area contributed by atoms with E-state index < -0.39 is 6.04 Å². The van der Waals surface area contributed by atoms with Crippen molar-refractivity contribution >= 4 is 22.7 Å². The predicted molar refractivity (Wildman–Crippen MR) is 107 cm³/mol. The van der Waals surface area contributed by atoms with Gasteiger partial charge >= 0.3 is 0 Å². The molecule has 1 aromatic heterocycles. The SMILES string of the molecule is CCC(C(=O)NCCC(C)C)n1c(C(=O)C(C)C)nc2ccc(OC)cc21. The van der Waals surface area contributed by atoms with E-state index in [1.54, 1.807) is 11.7 Å². The Kier molecular flexibility index (Phi) is 6.99. The van der Waals surface area contributed by atoms with E-state index in [1.165, 1.54) is 0 Å². The summed E-state index contributed by atoms with van der Waals surface area (Å²) >= 11 is 0. The van der Waals surface area contributed by atoms with Crippen molar-refractivity contribution < 1.29 is 14.3 Å². The standard InChI is InChI=1S/C21H31N3O3/c1-7-17(21(26)22-11-10-13(2)3)24-18-12-15(27-6)8-9-16(18)23-20(24)19(25)14(4)5/h8-9,12-14,17H,7,10-11H2,1-6H3,(H,22,26). The van der Waals surface area contributed by atoms with E-state index in [4.69, 9.17) is 4.74 Å². The summed E-state index contributed by atoms with van der Waals surface area (Å²) in [6, 6.07) is 4.98. The topological polar surface area (TPSA) is 73.2 Å². The number of methoxy groups -OCH3 is 1. The number of hydrogen-bond acceptors (Lipinski definition) is 4.